The summed E-state index contributed by atoms with van der Waals surface area (Å²) in [6.45, 7) is 1.97. The van der Waals surface area contributed by atoms with Gasteiger partial charge < -0.3 is 14.6 Å². The van der Waals surface area contributed by atoms with Gasteiger partial charge in [-0.1, -0.05) is 13.3 Å². The van der Waals surface area contributed by atoms with Gasteiger partial charge in [-0.05, 0) is 18.6 Å². The van der Waals surface area contributed by atoms with E-state index in [-0.39, 0.29) is 11.6 Å². The van der Waals surface area contributed by atoms with Crippen molar-refractivity contribution in [3.8, 4) is 5.75 Å². The van der Waals surface area contributed by atoms with E-state index < -0.39 is 5.97 Å². The maximum absolute atomic E-state index is 10.7. The van der Waals surface area contributed by atoms with Crippen LogP contribution in [0.1, 0.15) is 29.6 Å². The number of benzene rings is 1. The number of aromatic hydroxyl groups is 1. The van der Waals surface area contributed by atoms with E-state index >= 15 is 0 Å². The van der Waals surface area contributed by atoms with Crippen LogP contribution in [0.2, 0.25) is 0 Å². The van der Waals surface area contributed by atoms with Gasteiger partial charge in [0.15, 0.2) is 5.58 Å². The lowest BCUT2D eigenvalue weighted by Gasteiger charge is -2.01. The van der Waals surface area contributed by atoms with Crippen molar-refractivity contribution in [3.63, 3.8) is 0 Å². The number of hydrogen-bond donors (Lipinski definition) is 2. The Morgan fingerprint density at radius 3 is 2.88 bits per heavy atom. The zero-order valence-electron chi connectivity index (χ0n) is 8.73. The quantitative estimate of drug-likeness (QED) is 0.829. The first-order valence-corrected chi connectivity index (χ1v) is 4.98. The van der Waals surface area contributed by atoms with Crippen molar-refractivity contribution >= 4 is 17.1 Å². The summed E-state index contributed by atoms with van der Waals surface area (Å²) >= 11 is 0. The molecule has 0 atom stereocenters. The molecule has 0 aliphatic heterocycles. The van der Waals surface area contributed by atoms with Gasteiger partial charge in [0, 0.05) is 5.56 Å². The van der Waals surface area contributed by atoms with Crippen molar-refractivity contribution < 1.29 is 19.4 Å². The molecule has 0 bridgehead atoms. The molecule has 2 N–H and O–H groups in total. The molecular formula is C11H11NO4. The number of phenols is 1. The van der Waals surface area contributed by atoms with Crippen LogP contribution in [0.15, 0.2) is 16.5 Å². The fourth-order valence-electron chi connectivity index (χ4n) is 1.63. The lowest BCUT2D eigenvalue weighted by atomic mass is 10.1. The molecule has 2 aromatic rings. The van der Waals surface area contributed by atoms with Gasteiger partial charge in [-0.3, -0.25) is 0 Å². The first kappa shape index (κ1) is 10.5. The van der Waals surface area contributed by atoms with Crippen molar-refractivity contribution in [1.29, 1.82) is 0 Å². The van der Waals surface area contributed by atoms with Crippen molar-refractivity contribution in [1.82, 2.24) is 4.98 Å². The molecule has 1 aromatic heterocycles. The van der Waals surface area contributed by atoms with Gasteiger partial charge in [0.25, 0.3) is 0 Å². The summed E-state index contributed by atoms with van der Waals surface area (Å²) in [5.41, 5.74) is 1.45. The zero-order chi connectivity index (χ0) is 11.7. The average Bonchev–Trinajstić information content (AvgIpc) is 2.66. The molecule has 0 aliphatic carbocycles. The monoisotopic (exact) mass is 221 g/mol. The number of carbonyl (C=O) groups is 1. The van der Waals surface area contributed by atoms with Crippen LogP contribution in [0, 0.1) is 0 Å². The molecule has 0 radical (unpaired) electrons. The van der Waals surface area contributed by atoms with Gasteiger partial charge in [0.05, 0.1) is 0 Å². The minimum absolute atomic E-state index is 0.125. The van der Waals surface area contributed by atoms with Crippen molar-refractivity contribution in [2.45, 2.75) is 19.8 Å². The number of aryl methyl sites for hydroxylation is 1. The van der Waals surface area contributed by atoms with Gasteiger partial charge in [-0.2, -0.15) is 0 Å². The second kappa shape index (κ2) is 3.84. The number of carboxylic acid groups (broad SMARTS) is 1. The Morgan fingerprint density at radius 2 is 2.25 bits per heavy atom. The highest BCUT2D eigenvalue weighted by Gasteiger charge is 2.16. The SMILES string of the molecule is CCCc1c(O)ccc2oc(C(=O)O)nc12. The van der Waals surface area contributed by atoms with Crippen LogP contribution in [-0.4, -0.2) is 21.2 Å². The molecule has 0 aliphatic rings. The third-order valence-electron chi connectivity index (χ3n) is 2.32. The van der Waals surface area contributed by atoms with E-state index in [2.05, 4.69) is 4.98 Å². The predicted octanol–water partition coefficient (Wildman–Crippen LogP) is 2.18. The van der Waals surface area contributed by atoms with E-state index in [1.807, 2.05) is 6.92 Å². The molecular weight excluding hydrogens is 210 g/mol. The Morgan fingerprint density at radius 1 is 1.50 bits per heavy atom. The Labute approximate surface area is 91.3 Å². The molecule has 2 rings (SSSR count). The molecule has 0 spiro atoms. The van der Waals surface area contributed by atoms with E-state index in [1.165, 1.54) is 12.1 Å². The van der Waals surface area contributed by atoms with Gasteiger partial charge >= 0.3 is 11.9 Å². The average molecular weight is 221 g/mol. The maximum atomic E-state index is 10.7. The number of hydrogen-bond acceptors (Lipinski definition) is 4. The molecule has 0 saturated heterocycles. The summed E-state index contributed by atoms with van der Waals surface area (Å²) in [6.07, 6.45) is 1.47. The molecule has 0 saturated carbocycles. The Hall–Kier alpha value is -2.04. The lowest BCUT2D eigenvalue weighted by molar-refractivity contribution is 0.0656. The highest BCUT2D eigenvalue weighted by molar-refractivity contribution is 5.88. The Bertz CT molecular complexity index is 544. The number of aromatic carboxylic acids is 1. The van der Waals surface area contributed by atoms with Gasteiger partial charge in [-0.15, -0.1) is 0 Å². The first-order valence-electron chi connectivity index (χ1n) is 4.98. The third-order valence-corrected chi connectivity index (χ3v) is 2.32. The minimum Gasteiger partial charge on any atom is -0.508 e. The smallest absolute Gasteiger partial charge is 0.392 e. The van der Waals surface area contributed by atoms with Crippen molar-refractivity contribution in [3.05, 3.63) is 23.6 Å². The first-order chi connectivity index (χ1) is 7.63. The van der Waals surface area contributed by atoms with Crippen LogP contribution in [-0.2, 0) is 6.42 Å². The third kappa shape index (κ3) is 1.60. The molecule has 0 fully saturated rings. The van der Waals surface area contributed by atoms with Crippen LogP contribution in [0.5, 0.6) is 5.75 Å². The molecule has 5 nitrogen and oxygen atoms in total. The number of phenolic OH excluding ortho intramolecular Hbond substituents is 1. The Kier molecular flexibility index (Phi) is 2.52. The topological polar surface area (TPSA) is 83.6 Å². The van der Waals surface area contributed by atoms with E-state index in [1.54, 1.807) is 0 Å². The lowest BCUT2D eigenvalue weighted by Crippen LogP contribution is -1.95. The Balaban J connectivity index is 2.66. The number of oxazole rings is 1. The number of fused-ring (bicyclic) bond motifs is 1. The predicted molar refractivity (Wildman–Crippen MR) is 56.6 cm³/mol. The summed E-state index contributed by atoms with van der Waals surface area (Å²) < 4.78 is 5.05. The van der Waals surface area contributed by atoms with E-state index in [9.17, 15) is 9.90 Å². The molecule has 1 heterocycles. The molecule has 84 valence electrons. The molecule has 5 heteroatoms. The largest absolute Gasteiger partial charge is 0.508 e. The molecule has 0 unspecified atom stereocenters. The standard InChI is InChI=1S/C11H11NO4/c1-2-3-6-7(13)4-5-8-9(6)12-10(16-8)11(14)15/h4-5,13H,2-3H2,1H3,(H,14,15). The van der Waals surface area contributed by atoms with Gasteiger partial charge in [0.1, 0.15) is 11.3 Å². The maximum Gasteiger partial charge on any atom is 0.392 e. The molecule has 0 amide bonds. The molecule has 16 heavy (non-hydrogen) atoms. The summed E-state index contributed by atoms with van der Waals surface area (Å²) in [5, 5.41) is 18.4. The fraction of sp³-hybridized carbons (Fsp3) is 0.273. The van der Waals surface area contributed by atoms with E-state index in [0.717, 1.165) is 6.42 Å². The van der Waals surface area contributed by atoms with E-state index in [0.29, 0.717) is 23.1 Å². The van der Waals surface area contributed by atoms with Crippen LogP contribution in [0.3, 0.4) is 0 Å². The normalized spacial score (nSPS) is 10.8. The second-order valence-electron chi connectivity index (χ2n) is 3.48. The highest BCUT2D eigenvalue weighted by Crippen LogP contribution is 2.28. The number of aromatic nitrogens is 1. The van der Waals surface area contributed by atoms with Crippen LogP contribution in [0.25, 0.3) is 11.1 Å². The van der Waals surface area contributed by atoms with Gasteiger partial charge in [0.2, 0.25) is 0 Å². The summed E-state index contributed by atoms with van der Waals surface area (Å²) in [5.74, 6) is -1.43. The number of nitrogens with zero attached hydrogens (tertiary/aromatic N) is 1. The van der Waals surface area contributed by atoms with E-state index in [4.69, 9.17) is 9.52 Å². The van der Waals surface area contributed by atoms with Crippen molar-refractivity contribution in [2.75, 3.05) is 0 Å². The summed E-state index contributed by atoms with van der Waals surface area (Å²) in [4.78, 5) is 14.6. The zero-order valence-corrected chi connectivity index (χ0v) is 8.73. The number of carboxylic acids is 1. The van der Waals surface area contributed by atoms with Gasteiger partial charge in [-0.25, -0.2) is 9.78 Å². The minimum atomic E-state index is -1.21. The molecule has 1 aromatic carbocycles. The summed E-state index contributed by atoms with van der Waals surface area (Å²) in [7, 11) is 0. The fourth-order valence-corrected chi connectivity index (χ4v) is 1.63. The van der Waals surface area contributed by atoms with Crippen molar-refractivity contribution in [2.24, 2.45) is 0 Å². The highest BCUT2D eigenvalue weighted by atomic mass is 16.4. The van der Waals surface area contributed by atoms with Crippen LogP contribution >= 0.6 is 0 Å². The summed E-state index contributed by atoms with van der Waals surface area (Å²) in [6, 6.07) is 3.01. The number of rotatable bonds is 3. The second-order valence-corrected chi connectivity index (χ2v) is 3.48. The van der Waals surface area contributed by atoms with Crippen LogP contribution < -0.4 is 0 Å². The van der Waals surface area contributed by atoms with Crippen LogP contribution in [0.4, 0.5) is 0 Å².